The Labute approximate surface area is 118 Å². The van der Waals surface area contributed by atoms with Gasteiger partial charge in [-0.05, 0) is 6.07 Å². The Balaban J connectivity index is 2.04. The number of carbonyl (C=O) groups is 1. The van der Waals surface area contributed by atoms with Crippen LogP contribution in [-0.2, 0) is 0 Å². The van der Waals surface area contributed by atoms with Crippen LogP contribution in [0.15, 0.2) is 23.7 Å². The van der Waals surface area contributed by atoms with E-state index in [2.05, 4.69) is 10.3 Å². The van der Waals surface area contributed by atoms with Crippen LogP contribution in [0.25, 0.3) is 0 Å². The zero-order valence-corrected chi connectivity index (χ0v) is 11.5. The van der Waals surface area contributed by atoms with Crippen LogP contribution in [0.4, 0.5) is 14.5 Å². The van der Waals surface area contributed by atoms with E-state index in [1.807, 2.05) is 12.3 Å². The van der Waals surface area contributed by atoms with Gasteiger partial charge in [-0.3, -0.25) is 4.79 Å². The van der Waals surface area contributed by atoms with Gasteiger partial charge in [0, 0.05) is 30.1 Å². The van der Waals surface area contributed by atoms with E-state index in [-0.39, 0.29) is 17.2 Å². The third kappa shape index (κ3) is 3.11. The first-order chi connectivity index (χ1) is 9.49. The molecular weight excluding hydrogens is 284 g/mol. The van der Waals surface area contributed by atoms with Gasteiger partial charge in [0.2, 0.25) is 0 Å². The first-order valence-corrected chi connectivity index (χ1v) is 6.79. The minimum atomic E-state index is -0.934. The molecule has 0 saturated carbocycles. The van der Waals surface area contributed by atoms with Gasteiger partial charge in [0.25, 0.3) is 5.91 Å². The molecule has 1 amide bonds. The molecular formula is C13H13F2N3OS. The number of halogens is 2. The number of aromatic nitrogens is 1. The zero-order chi connectivity index (χ0) is 14.7. The molecule has 1 aromatic heterocycles. The number of rotatable bonds is 4. The smallest absolute Gasteiger partial charge is 0.254 e. The van der Waals surface area contributed by atoms with Crippen molar-refractivity contribution in [1.29, 1.82) is 0 Å². The number of nitrogen functional groups attached to an aromatic ring is 1. The van der Waals surface area contributed by atoms with Crippen LogP contribution in [0.5, 0.6) is 0 Å². The van der Waals surface area contributed by atoms with Gasteiger partial charge in [0.1, 0.15) is 11.6 Å². The molecule has 20 heavy (non-hydrogen) atoms. The summed E-state index contributed by atoms with van der Waals surface area (Å²) in [6.45, 7) is 2.21. The molecule has 3 N–H and O–H groups in total. The number of thiazole rings is 1. The van der Waals surface area contributed by atoms with Crippen molar-refractivity contribution in [1.82, 2.24) is 10.3 Å². The topological polar surface area (TPSA) is 68.0 Å². The van der Waals surface area contributed by atoms with Gasteiger partial charge in [-0.15, -0.1) is 11.3 Å². The highest BCUT2D eigenvalue weighted by Crippen LogP contribution is 2.18. The van der Waals surface area contributed by atoms with Crippen molar-refractivity contribution in [2.24, 2.45) is 0 Å². The second-order valence-corrected chi connectivity index (χ2v) is 5.26. The lowest BCUT2D eigenvalue weighted by Crippen LogP contribution is -2.28. The van der Waals surface area contributed by atoms with E-state index in [0.29, 0.717) is 12.6 Å². The quantitative estimate of drug-likeness (QED) is 0.852. The number of nitrogens with zero attached hydrogens (tertiary/aromatic N) is 1. The molecule has 2 aromatic rings. The van der Waals surface area contributed by atoms with Gasteiger partial charge in [-0.1, -0.05) is 6.92 Å². The van der Waals surface area contributed by atoms with Crippen LogP contribution < -0.4 is 11.1 Å². The van der Waals surface area contributed by atoms with E-state index in [9.17, 15) is 13.6 Å². The molecule has 7 heteroatoms. The molecule has 0 aliphatic carbocycles. The fourth-order valence-electron chi connectivity index (χ4n) is 1.65. The monoisotopic (exact) mass is 297 g/mol. The van der Waals surface area contributed by atoms with Crippen molar-refractivity contribution in [3.05, 3.63) is 45.9 Å². The minimum Gasteiger partial charge on any atom is -0.396 e. The number of nitrogens with one attached hydrogen (secondary N) is 1. The summed E-state index contributed by atoms with van der Waals surface area (Å²) in [5.41, 5.74) is 4.80. The summed E-state index contributed by atoms with van der Waals surface area (Å²) in [6.07, 6.45) is 1.68. The number of carbonyl (C=O) groups excluding carboxylic acids is 1. The molecule has 0 aliphatic heterocycles. The number of nitrogens with two attached hydrogens (primary N) is 1. The number of hydrogen-bond donors (Lipinski definition) is 2. The maximum atomic E-state index is 13.5. The number of hydrogen-bond acceptors (Lipinski definition) is 4. The summed E-state index contributed by atoms with van der Waals surface area (Å²) in [5.74, 6) is -2.43. The second kappa shape index (κ2) is 5.96. The average molecular weight is 297 g/mol. The van der Waals surface area contributed by atoms with Crippen molar-refractivity contribution in [3.8, 4) is 0 Å². The summed E-state index contributed by atoms with van der Waals surface area (Å²) in [6, 6.07) is 1.60. The van der Waals surface area contributed by atoms with E-state index in [1.165, 1.54) is 11.3 Å². The Kier molecular flexibility index (Phi) is 4.29. The van der Waals surface area contributed by atoms with Crippen molar-refractivity contribution in [2.45, 2.75) is 12.8 Å². The van der Waals surface area contributed by atoms with Gasteiger partial charge in [-0.25, -0.2) is 13.8 Å². The molecule has 1 heterocycles. The second-order valence-electron chi connectivity index (χ2n) is 4.33. The van der Waals surface area contributed by atoms with Crippen LogP contribution in [-0.4, -0.2) is 17.4 Å². The van der Waals surface area contributed by atoms with E-state index < -0.39 is 17.5 Å². The lowest BCUT2D eigenvalue weighted by Gasteiger charge is -2.11. The maximum absolute atomic E-state index is 13.5. The highest BCUT2D eigenvalue weighted by atomic mass is 32.1. The van der Waals surface area contributed by atoms with Crippen molar-refractivity contribution < 1.29 is 13.6 Å². The fourth-order valence-corrected chi connectivity index (χ4v) is 2.34. The minimum absolute atomic E-state index is 0.0137. The highest BCUT2D eigenvalue weighted by molar-refractivity contribution is 7.09. The van der Waals surface area contributed by atoms with E-state index in [0.717, 1.165) is 11.1 Å². The predicted molar refractivity (Wildman–Crippen MR) is 73.6 cm³/mol. The SMILES string of the molecule is CC(CNC(=O)c1cc(N)c(F)cc1F)c1nccs1. The molecule has 1 atom stereocenters. The van der Waals surface area contributed by atoms with Crippen LogP contribution in [0.1, 0.15) is 28.2 Å². The number of benzene rings is 1. The molecule has 0 aliphatic rings. The van der Waals surface area contributed by atoms with Crippen molar-refractivity contribution >= 4 is 22.9 Å². The number of amides is 1. The summed E-state index contributed by atoms with van der Waals surface area (Å²) in [7, 11) is 0. The molecule has 4 nitrogen and oxygen atoms in total. The fraction of sp³-hybridized carbons (Fsp3) is 0.231. The molecule has 1 aromatic carbocycles. The molecule has 2 rings (SSSR count). The van der Waals surface area contributed by atoms with Crippen LogP contribution >= 0.6 is 11.3 Å². The largest absolute Gasteiger partial charge is 0.396 e. The van der Waals surface area contributed by atoms with Crippen LogP contribution in [0.3, 0.4) is 0 Å². The third-order valence-corrected chi connectivity index (χ3v) is 3.78. The summed E-state index contributed by atoms with van der Waals surface area (Å²) >= 11 is 1.48. The molecule has 0 radical (unpaired) electrons. The normalized spacial score (nSPS) is 12.2. The summed E-state index contributed by atoms with van der Waals surface area (Å²) in [5, 5.41) is 5.30. The van der Waals surface area contributed by atoms with Crippen molar-refractivity contribution in [2.75, 3.05) is 12.3 Å². The Morgan fingerprint density at radius 3 is 2.85 bits per heavy atom. The van der Waals surface area contributed by atoms with Crippen LogP contribution in [0.2, 0.25) is 0 Å². The Bertz CT molecular complexity index is 616. The predicted octanol–water partition coefficient (Wildman–Crippen LogP) is 2.54. The van der Waals surface area contributed by atoms with Gasteiger partial charge in [0.05, 0.1) is 16.3 Å². The first-order valence-electron chi connectivity index (χ1n) is 5.91. The Morgan fingerprint density at radius 1 is 1.45 bits per heavy atom. The summed E-state index contributed by atoms with van der Waals surface area (Å²) in [4.78, 5) is 16.0. The van der Waals surface area contributed by atoms with Crippen molar-refractivity contribution in [3.63, 3.8) is 0 Å². The van der Waals surface area contributed by atoms with Gasteiger partial charge >= 0.3 is 0 Å². The first kappa shape index (κ1) is 14.4. The molecule has 0 bridgehead atoms. The van der Waals surface area contributed by atoms with E-state index in [4.69, 9.17) is 5.73 Å². The molecule has 0 saturated heterocycles. The lowest BCUT2D eigenvalue weighted by molar-refractivity contribution is 0.0947. The third-order valence-electron chi connectivity index (χ3n) is 2.77. The lowest BCUT2D eigenvalue weighted by atomic mass is 10.1. The van der Waals surface area contributed by atoms with Crippen LogP contribution in [0, 0.1) is 11.6 Å². The molecule has 106 valence electrons. The van der Waals surface area contributed by atoms with E-state index >= 15 is 0 Å². The van der Waals surface area contributed by atoms with Gasteiger partial charge < -0.3 is 11.1 Å². The molecule has 1 unspecified atom stereocenters. The Hall–Kier alpha value is -2.02. The van der Waals surface area contributed by atoms with Gasteiger partial charge in [0.15, 0.2) is 0 Å². The summed E-state index contributed by atoms with van der Waals surface area (Å²) < 4.78 is 26.5. The van der Waals surface area contributed by atoms with E-state index in [1.54, 1.807) is 6.20 Å². The Morgan fingerprint density at radius 2 is 2.20 bits per heavy atom. The average Bonchev–Trinajstić information content (AvgIpc) is 2.94. The highest BCUT2D eigenvalue weighted by Gasteiger charge is 2.16. The van der Waals surface area contributed by atoms with Gasteiger partial charge in [-0.2, -0.15) is 0 Å². The zero-order valence-electron chi connectivity index (χ0n) is 10.7. The molecule has 0 spiro atoms. The number of anilines is 1. The maximum Gasteiger partial charge on any atom is 0.254 e. The molecule has 0 fully saturated rings. The standard InChI is InChI=1S/C13H13F2N3OS/c1-7(13-17-2-3-20-13)6-18-12(19)8-4-11(16)10(15)5-9(8)14/h2-5,7H,6,16H2,1H3,(H,18,19).